The van der Waals surface area contributed by atoms with Crippen LogP contribution in [0.25, 0.3) is 10.3 Å². The van der Waals surface area contributed by atoms with Gasteiger partial charge in [-0.2, -0.15) is 0 Å². The number of carbonyl (C=O) groups is 2. The highest BCUT2D eigenvalue weighted by atomic mass is 32.2. The third-order valence-corrected chi connectivity index (χ3v) is 10.1. The lowest BCUT2D eigenvalue weighted by Crippen LogP contribution is -2.54. The predicted molar refractivity (Wildman–Crippen MR) is 165 cm³/mol. The van der Waals surface area contributed by atoms with E-state index in [9.17, 15) is 18.0 Å². The maximum atomic E-state index is 13.6. The van der Waals surface area contributed by atoms with Gasteiger partial charge in [-0.1, -0.05) is 49.2 Å². The molecule has 11 nitrogen and oxygen atoms in total. The lowest BCUT2D eigenvalue weighted by atomic mass is 9.87. The minimum absolute atomic E-state index is 0.0138. The Morgan fingerprint density at radius 2 is 1.74 bits per heavy atom. The molecule has 1 aliphatic carbocycles. The molecule has 1 atom stereocenters. The van der Waals surface area contributed by atoms with Gasteiger partial charge in [-0.3, -0.25) is 4.79 Å². The fraction of sp³-hybridized carbons (Fsp3) is 0.533. The summed E-state index contributed by atoms with van der Waals surface area (Å²) in [5, 5.41) is 3.44. The second kappa shape index (κ2) is 12.7. The van der Waals surface area contributed by atoms with Crippen molar-refractivity contribution in [3.8, 4) is 5.88 Å². The Kier molecular flexibility index (Phi) is 9.23. The molecule has 0 spiro atoms. The minimum Gasteiger partial charge on any atom is -0.481 e. The van der Waals surface area contributed by atoms with Gasteiger partial charge >= 0.3 is 6.09 Å². The van der Waals surface area contributed by atoms with Gasteiger partial charge in [0.25, 0.3) is 0 Å². The van der Waals surface area contributed by atoms with Gasteiger partial charge in [0.15, 0.2) is 5.13 Å². The zero-order valence-electron chi connectivity index (χ0n) is 25.0. The molecule has 5 rings (SSSR count). The summed E-state index contributed by atoms with van der Waals surface area (Å²) in [6.07, 6.45) is 4.77. The van der Waals surface area contributed by atoms with E-state index < -0.39 is 27.6 Å². The summed E-state index contributed by atoms with van der Waals surface area (Å²) in [6.45, 7) is 6.52. The number of aromatic nitrogens is 2. The molecule has 1 saturated carbocycles. The number of hydrogen-bond donors (Lipinski definition) is 2. The van der Waals surface area contributed by atoms with Crippen LogP contribution in [0.3, 0.4) is 0 Å². The van der Waals surface area contributed by atoms with E-state index in [0.717, 1.165) is 31.2 Å². The average molecular weight is 630 g/mol. The van der Waals surface area contributed by atoms with Crippen LogP contribution in [0.2, 0.25) is 0 Å². The number of thiazole rings is 1. The summed E-state index contributed by atoms with van der Waals surface area (Å²) in [5.74, 6) is 0.306. The van der Waals surface area contributed by atoms with Crippen LogP contribution in [0.15, 0.2) is 41.3 Å². The number of methoxy groups -OCH3 is 1. The highest BCUT2D eigenvalue weighted by Gasteiger charge is 2.34. The largest absolute Gasteiger partial charge is 0.481 e. The van der Waals surface area contributed by atoms with Crippen molar-refractivity contribution >= 4 is 48.8 Å². The first-order valence-corrected chi connectivity index (χ1v) is 16.9. The predicted octanol–water partition coefficient (Wildman–Crippen LogP) is 5.15. The molecular formula is C30H39N5O6S2. The van der Waals surface area contributed by atoms with Gasteiger partial charge < -0.3 is 19.7 Å². The number of nitrogens with one attached hydrogen (secondary N) is 2. The van der Waals surface area contributed by atoms with Crippen molar-refractivity contribution in [1.29, 1.82) is 0 Å². The Labute approximate surface area is 256 Å². The summed E-state index contributed by atoms with van der Waals surface area (Å²) in [6, 6.07) is 10.1. The molecule has 2 aliphatic rings. The molecule has 3 heterocycles. The van der Waals surface area contributed by atoms with E-state index in [1.165, 1.54) is 11.3 Å². The van der Waals surface area contributed by atoms with Crippen molar-refractivity contribution in [2.75, 3.05) is 32.1 Å². The summed E-state index contributed by atoms with van der Waals surface area (Å²) in [4.78, 5) is 37.0. The minimum atomic E-state index is -3.76. The second-order valence-corrected chi connectivity index (χ2v) is 15.0. The van der Waals surface area contributed by atoms with Gasteiger partial charge in [-0.05, 0) is 56.9 Å². The zero-order valence-corrected chi connectivity index (χ0v) is 26.6. The number of fused-ring (bicyclic) bond motifs is 1. The molecule has 0 bridgehead atoms. The maximum absolute atomic E-state index is 13.6. The second-order valence-electron chi connectivity index (χ2n) is 12.3. The van der Waals surface area contributed by atoms with Crippen molar-refractivity contribution in [3.63, 3.8) is 0 Å². The van der Waals surface area contributed by atoms with E-state index >= 15 is 0 Å². The van der Waals surface area contributed by atoms with Crippen molar-refractivity contribution in [3.05, 3.63) is 42.0 Å². The van der Waals surface area contributed by atoms with Gasteiger partial charge in [0.05, 0.1) is 17.9 Å². The standard InChI is InChI=1S/C30H39N5O6S2/c1-30(2,3)41-29(37)35-17-20(18-35)16-31-43(38,39)22-11-9-21(10-12-22)23(15-19-7-5-6-8-19)26(36)34-28-32-24-13-14-25(40-4)33-27(24)42-28/h9-14,19-20,23,31H,5-8,15-18H2,1-4H3,(H,32,34,36). The molecule has 3 aromatic rings. The van der Waals surface area contributed by atoms with Crippen LogP contribution in [0.5, 0.6) is 5.88 Å². The Hall–Kier alpha value is -3.29. The quantitative estimate of drug-likeness (QED) is 0.314. The molecule has 2 amide bonds. The monoisotopic (exact) mass is 629 g/mol. The molecule has 1 unspecified atom stereocenters. The van der Waals surface area contributed by atoms with Crippen LogP contribution < -0.4 is 14.8 Å². The highest BCUT2D eigenvalue weighted by molar-refractivity contribution is 7.89. The Morgan fingerprint density at radius 1 is 1.05 bits per heavy atom. The fourth-order valence-corrected chi connectivity index (χ4v) is 7.45. The Balaban J connectivity index is 1.23. The lowest BCUT2D eigenvalue weighted by molar-refractivity contribution is -0.118. The van der Waals surface area contributed by atoms with Gasteiger partial charge in [0, 0.05) is 31.6 Å². The number of nitrogens with zero attached hydrogens (tertiary/aromatic N) is 3. The van der Waals surface area contributed by atoms with Gasteiger partial charge in [-0.15, -0.1) is 0 Å². The molecule has 1 aromatic carbocycles. The van der Waals surface area contributed by atoms with Crippen LogP contribution in [0.4, 0.5) is 9.93 Å². The molecule has 43 heavy (non-hydrogen) atoms. The third kappa shape index (κ3) is 7.81. The normalized spacial score (nSPS) is 17.1. The summed E-state index contributed by atoms with van der Waals surface area (Å²) >= 11 is 1.28. The number of ether oxygens (including phenoxy) is 2. The molecule has 0 radical (unpaired) electrons. The van der Waals surface area contributed by atoms with Crippen LogP contribution in [0, 0.1) is 11.8 Å². The molecule has 13 heteroatoms. The lowest BCUT2D eigenvalue weighted by Gasteiger charge is -2.39. The van der Waals surface area contributed by atoms with Crippen LogP contribution in [0.1, 0.15) is 64.4 Å². The number of hydrogen-bond acceptors (Lipinski definition) is 9. The number of sulfonamides is 1. The van der Waals surface area contributed by atoms with E-state index in [1.54, 1.807) is 48.4 Å². The smallest absolute Gasteiger partial charge is 0.410 e. The van der Waals surface area contributed by atoms with Crippen LogP contribution in [-0.2, 0) is 19.6 Å². The Bertz CT molecular complexity index is 1560. The van der Waals surface area contributed by atoms with Crippen LogP contribution in [-0.4, -0.2) is 67.6 Å². The first kappa shape index (κ1) is 31.1. The van der Waals surface area contributed by atoms with Gasteiger partial charge in [0.1, 0.15) is 15.9 Å². The summed E-state index contributed by atoms with van der Waals surface area (Å²) in [5.41, 5.74) is 0.861. The van der Waals surface area contributed by atoms with E-state index in [-0.39, 0.29) is 23.3 Å². The van der Waals surface area contributed by atoms with Gasteiger partial charge in [-0.25, -0.2) is 27.9 Å². The van der Waals surface area contributed by atoms with E-state index in [0.29, 0.717) is 46.8 Å². The van der Waals surface area contributed by atoms with E-state index in [4.69, 9.17) is 9.47 Å². The highest BCUT2D eigenvalue weighted by Crippen LogP contribution is 2.36. The molecular weight excluding hydrogens is 590 g/mol. The zero-order chi connectivity index (χ0) is 30.8. The fourth-order valence-electron chi connectivity index (χ4n) is 5.50. The third-order valence-electron chi connectivity index (χ3n) is 7.79. The summed E-state index contributed by atoms with van der Waals surface area (Å²) < 4.78 is 39.3. The van der Waals surface area contributed by atoms with Crippen molar-refractivity contribution in [2.24, 2.45) is 11.8 Å². The molecule has 2 fully saturated rings. The number of carbonyl (C=O) groups excluding carboxylic acids is 2. The van der Waals surface area contributed by atoms with E-state index in [1.807, 2.05) is 20.8 Å². The van der Waals surface area contributed by atoms with Crippen LogP contribution >= 0.6 is 11.3 Å². The number of benzene rings is 1. The molecule has 2 N–H and O–H groups in total. The van der Waals surface area contributed by atoms with Crippen molar-refractivity contribution in [1.82, 2.24) is 19.6 Å². The average Bonchev–Trinajstić information content (AvgIpc) is 3.58. The molecule has 232 valence electrons. The molecule has 1 aliphatic heterocycles. The first-order chi connectivity index (χ1) is 20.4. The molecule has 1 saturated heterocycles. The van der Waals surface area contributed by atoms with E-state index in [2.05, 4.69) is 20.0 Å². The molecule has 2 aromatic heterocycles. The Morgan fingerprint density at radius 3 is 2.40 bits per heavy atom. The summed E-state index contributed by atoms with van der Waals surface area (Å²) in [7, 11) is -2.21. The maximum Gasteiger partial charge on any atom is 0.410 e. The number of pyridine rings is 1. The number of rotatable bonds is 10. The SMILES string of the molecule is COc1ccc2nc(NC(=O)C(CC3CCCC3)c3ccc(S(=O)(=O)NCC4CN(C(=O)OC(C)(C)C)C4)cc3)sc2n1. The van der Waals surface area contributed by atoms with Crippen molar-refractivity contribution < 1.29 is 27.5 Å². The van der Waals surface area contributed by atoms with Gasteiger partial charge in [0.2, 0.25) is 21.8 Å². The first-order valence-electron chi connectivity index (χ1n) is 14.6. The number of amides is 2. The van der Waals surface area contributed by atoms with Crippen molar-refractivity contribution in [2.45, 2.75) is 69.3 Å². The number of anilines is 1. The number of likely N-dealkylation sites (tertiary alicyclic amines) is 1. The topological polar surface area (TPSA) is 140 Å².